The minimum Gasteiger partial charge on any atom is -0.338 e. The third-order valence-electron chi connectivity index (χ3n) is 3.36. The van der Waals surface area contributed by atoms with Crippen LogP contribution in [0.1, 0.15) is 32.6 Å². The van der Waals surface area contributed by atoms with E-state index in [9.17, 15) is 4.79 Å². The first-order valence-electron chi connectivity index (χ1n) is 5.21. The van der Waals surface area contributed by atoms with Crippen molar-refractivity contribution in [3.8, 4) is 0 Å². The summed E-state index contributed by atoms with van der Waals surface area (Å²) in [6.45, 7) is 3.02. The van der Waals surface area contributed by atoms with Crippen LogP contribution in [0.15, 0.2) is 0 Å². The fourth-order valence-electron chi connectivity index (χ4n) is 2.56. The lowest BCUT2D eigenvalue weighted by Crippen LogP contribution is -2.41. The van der Waals surface area contributed by atoms with Gasteiger partial charge >= 0.3 is 0 Å². The van der Waals surface area contributed by atoms with Crippen molar-refractivity contribution < 1.29 is 4.79 Å². The summed E-state index contributed by atoms with van der Waals surface area (Å²) < 4.78 is 0. The predicted molar refractivity (Wildman–Crippen MR) is 55.9 cm³/mol. The molecule has 0 radical (unpaired) electrons. The maximum atomic E-state index is 11.8. The van der Waals surface area contributed by atoms with E-state index in [4.69, 9.17) is 0 Å². The maximum absolute atomic E-state index is 11.8. The van der Waals surface area contributed by atoms with Crippen LogP contribution in [0.5, 0.6) is 0 Å². The Kier molecular flexibility index (Phi) is 2.54. The summed E-state index contributed by atoms with van der Waals surface area (Å²) in [4.78, 5) is 13.9. The predicted octanol–water partition coefficient (Wildman–Crippen LogP) is 1.71. The number of amides is 1. The molecule has 2 aliphatic rings. The minimum absolute atomic E-state index is 0.0700. The lowest BCUT2D eigenvalue weighted by molar-refractivity contribution is -0.132. The van der Waals surface area contributed by atoms with E-state index in [2.05, 4.69) is 17.5 Å². The third kappa shape index (κ3) is 1.58. The van der Waals surface area contributed by atoms with Crippen LogP contribution in [-0.2, 0) is 4.79 Å². The van der Waals surface area contributed by atoms with E-state index in [1.54, 1.807) is 0 Å². The molecule has 3 heteroatoms. The van der Waals surface area contributed by atoms with Gasteiger partial charge in [-0.05, 0) is 31.6 Å². The average Bonchev–Trinajstić information content (AvgIpc) is 2.76. The smallest absolute Gasteiger partial charge is 0.235 e. The van der Waals surface area contributed by atoms with Crippen LogP contribution in [0.3, 0.4) is 0 Å². The normalized spacial score (nSPS) is 33.8. The van der Waals surface area contributed by atoms with E-state index in [0.717, 1.165) is 18.9 Å². The van der Waals surface area contributed by atoms with Gasteiger partial charge in [0.25, 0.3) is 0 Å². The number of rotatable bonds is 2. The molecule has 1 aliphatic heterocycles. The summed E-state index contributed by atoms with van der Waals surface area (Å²) in [5.74, 6) is 1.06. The Balaban J connectivity index is 1.98. The van der Waals surface area contributed by atoms with Gasteiger partial charge in [-0.15, -0.1) is 0 Å². The average molecular weight is 199 g/mol. The minimum atomic E-state index is -0.0700. The lowest BCUT2D eigenvalue weighted by Gasteiger charge is -2.28. The fraction of sp³-hybridized carbons (Fsp3) is 0.900. The summed E-state index contributed by atoms with van der Waals surface area (Å²) in [6, 6.07) is 0.554. The fourth-order valence-corrected chi connectivity index (χ4v) is 2.71. The van der Waals surface area contributed by atoms with Crippen molar-refractivity contribution in [3.63, 3.8) is 0 Å². The van der Waals surface area contributed by atoms with E-state index < -0.39 is 0 Å². The quantitative estimate of drug-likeness (QED) is 0.671. The second-order valence-corrected chi connectivity index (χ2v) is 4.87. The maximum Gasteiger partial charge on any atom is 0.235 e. The zero-order chi connectivity index (χ0) is 9.42. The van der Waals surface area contributed by atoms with Gasteiger partial charge in [-0.1, -0.05) is 6.92 Å². The molecule has 2 nitrogen and oxygen atoms in total. The van der Waals surface area contributed by atoms with E-state index in [-0.39, 0.29) is 11.2 Å². The van der Waals surface area contributed by atoms with Crippen molar-refractivity contribution in [3.05, 3.63) is 0 Å². The topological polar surface area (TPSA) is 20.3 Å². The Morgan fingerprint density at radius 1 is 1.62 bits per heavy atom. The van der Waals surface area contributed by atoms with Gasteiger partial charge in [-0.2, -0.15) is 12.6 Å². The highest BCUT2D eigenvalue weighted by Crippen LogP contribution is 2.37. The Labute approximate surface area is 85.1 Å². The van der Waals surface area contributed by atoms with Gasteiger partial charge in [0.15, 0.2) is 0 Å². The van der Waals surface area contributed by atoms with Crippen molar-refractivity contribution in [2.45, 2.75) is 43.9 Å². The highest BCUT2D eigenvalue weighted by atomic mass is 32.1. The summed E-state index contributed by atoms with van der Waals surface area (Å²) >= 11 is 4.30. The molecule has 13 heavy (non-hydrogen) atoms. The number of hydrogen-bond donors (Lipinski definition) is 1. The molecule has 3 unspecified atom stereocenters. The number of hydrogen-bond acceptors (Lipinski definition) is 2. The molecule has 0 spiro atoms. The molecular formula is C10H17NOS. The molecule has 0 aromatic carbocycles. The monoisotopic (exact) mass is 199 g/mol. The number of carbonyl (C=O) groups excluding carboxylic acids is 1. The zero-order valence-electron chi connectivity index (χ0n) is 8.07. The van der Waals surface area contributed by atoms with Crippen LogP contribution < -0.4 is 0 Å². The van der Waals surface area contributed by atoms with Gasteiger partial charge in [0.2, 0.25) is 5.91 Å². The summed E-state index contributed by atoms with van der Waals surface area (Å²) in [5.41, 5.74) is 0. The first-order chi connectivity index (χ1) is 6.22. The Morgan fingerprint density at radius 3 is 2.85 bits per heavy atom. The van der Waals surface area contributed by atoms with E-state index in [1.807, 2.05) is 6.92 Å². The van der Waals surface area contributed by atoms with Gasteiger partial charge in [-0.3, -0.25) is 4.79 Å². The van der Waals surface area contributed by atoms with Crippen LogP contribution in [-0.4, -0.2) is 28.6 Å². The molecule has 3 atom stereocenters. The standard InChI is InChI=1S/C10H17NOS/c1-2-9(13)10(12)11-6-7-3-4-8(11)5-7/h7-9,13H,2-6H2,1H3. The first-order valence-corrected chi connectivity index (χ1v) is 5.72. The van der Waals surface area contributed by atoms with E-state index in [1.165, 1.54) is 19.3 Å². The molecule has 2 bridgehead atoms. The van der Waals surface area contributed by atoms with Crippen molar-refractivity contribution in [1.29, 1.82) is 0 Å². The Hall–Kier alpha value is -0.180. The molecule has 0 aromatic rings. The number of likely N-dealkylation sites (tertiary alicyclic amines) is 1. The molecule has 74 valence electrons. The Morgan fingerprint density at radius 2 is 2.38 bits per heavy atom. The molecular weight excluding hydrogens is 182 g/mol. The van der Waals surface area contributed by atoms with Crippen LogP contribution in [0.25, 0.3) is 0 Å². The molecule has 0 N–H and O–H groups in total. The van der Waals surface area contributed by atoms with Gasteiger partial charge in [0.05, 0.1) is 5.25 Å². The molecule has 1 saturated heterocycles. The van der Waals surface area contributed by atoms with Crippen molar-refractivity contribution in [1.82, 2.24) is 4.90 Å². The van der Waals surface area contributed by atoms with Crippen LogP contribution in [0.4, 0.5) is 0 Å². The summed E-state index contributed by atoms with van der Waals surface area (Å²) in [5, 5.41) is -0.0700. The van der Waals surface area contributed by atoms with E-state index in [0.29, 0.717) is 6.04 Å². The number of carbonyl (C=O) groups is 1. The second-order valence-electron chi connectivity index (χ2n) is 4.25. The van der Waals surface area contributed by atoms with Crippen LogP contribution in [0.2, 0.25) is 0 Å². The van der Waals surface area contributed by atoms with Crippen molar-refractivity contribution in [2.75, 3.05) is 6.54 Å². The molecule has 2 fully saturated rings. The number of nitrogens with zero attached hydrogens (tertiary/aromatic N) is 1. The summed E-state index contributed by atoms with van der Waals surface area (Å²) in [6.07, 6.45) is 4.64. The van der Waals surface area contributed by atoms with E-state index >= 15 is 0 Å². The van der Waals surface area contributed by atoms with Crippen molar-refractivity contribution >= 4 is 18.5 Å². The highest BCUT2D eigenvalue weighted by molar-refractivity contribution is 7.81. The third-order valence-corrected chi connectivity index (χ3v) is 3.95. The van der Waals surface area contributed by atoms with Gasteiger partial charge in [-0.25, -0.2) is 0 Å². The van der Waals surface area contributed by atoms with Crippen molar-refractivity contribution in [2.24, 2.45) is 5.92 Å². The molecule has 1 heterocycles. The van der Waals surface area contributed by atoms with Crippen LogP contribution >= 0.6 is 12.6 Å². The zero-order valence-corrected chi connectivity index (χ0v) is 8.96. The first kappa shape index (κ1) is 9.38. The highest BCUT2D eigenvalue weighted by Gasteiger charge is 2.41. The van der Waals surface area contributed by atoms with Gasteiger partial charge in [0.1, 0.15) is 0 Å². The number of piperidine rings is 1. The largest absolute Gasteiger partial charge is 0.338 e. The van der Waals surface area contributed by atoms with Crippen LogP contribution in [0, 0.1) is 5.92 Å². The lowest BCUT2D eigenvalue weighted by atomic mass is 10.1. The molecule has 1 aliphatic carbocycles. The molecule has 1 amide bonds. The number of thiol groups is 1. The van der Waals surface area contributed by atoms with Gasteiger partial charge < -0.3 is 4.90 Å². The molecule has 0 aromatic heterocycles. The Bertz CT molecular complexity index is 219. The second kappa shape index (κ2) is 3.52. The SMILES string of the molecule is CCC(S)C(=O)N1CC2CCC1C2. The summed E-state index contributed by atoms with van der Waals surface area (Å²) in [7, 11) is 0. The number of fused-ring (bicyclic) bond motifs is 2. The van der Waals surface area contributed by atoms with Gasteiger partial charge in [0, 0.05) is 12.6 Å². The molecule has 2 rings (SSSR count). The molecule has 1 saturated carbocycles.